The molecule has 1 heterocycles. The molecule has 1 aliphatic rings. The summed E-state index contributed by atoms with van der Waals surface area (Å²) in [6.07, 6.45) is 3.73. The molecule has 0 aliphatic carbocycles. The minimum absolute atomic E-state index is 0.616. The van der Waals surface area contributed by atoms with Gasteiger partial charge < -0.3 is 15.6 Å². The molecule has 20 heavy (non-hydrogen) atoms. The molecule has 5 nitrogen and oxygen atoms in total. The molecule has 1 atom stereocenters. The maximum Gasteiger partial charge on any atom is 0.325 e. The van der Waals surface area contributed by atoms with Crippen LogP contribution in [-0.4, -0.2) is 36.2 Å². The molecule has 1 fully saturated rings. The minimum atomic E-state index is -1.01. The van der Waals surface area contributed by atoms with Crippen molar-refractivity contribution in [2.45, 2.75) is 31.8 Å². The lowest BCUT2D eigenvalue weighted by Gasteiger charge is -2.27. The Morgan fingerprint density at radius 3 is 2.70 bits per heavy atom. The molecule has 2 rings (SSSR count). The van der Waals surface area contributed by atoms with E-state index < -0.39 is 12.0 Å². The highest BCUT2D eigenvalue weighted by atomic mass is 16.5. The standard InChI is InChI=1S/C15H22N2O3/c1-20-13-6-5-11(14(16)15(18)19)9-12(13)10-17-7-3-2-4-8-17/h5-6,9,14H,2-4,7-8,10,16H2,1H3,(H,18,19). The van der Waals surface area contributed by atoms with E-state index in [0.717, 1.165) is 30.9 Å². The van der Waals surface area contributed by atoms with Gasteiger partial charge >= 0.3 is 5.97 Å². The summed E-state index contributed by atoms with van der Waals surface area (Å²) < 4.78 is 5.37. The highest BCUT2D eigenvalue weighted by Crippen LogP contribution is 2.25. The molecule has 3 N–H and O–H groups in total. The van der Waals surface area contributed by atoms with Crippen LogP contribution in [-0.2, 0) is 11.3 Å². The quantitative estimate of drug-likeness (QED) is 0.858. The Kier molecular flexibility index (Phi) is 4.98. The van der Waals surface area contributed by atoms with Gasteiger partial charge in [0.2, 0.25) is 0 Å². The zero-order chi connectivity index (χ0) is 14.5. The van der Waals surface area contributed by atoms with E-state index in [1.54, 1.807) is 19.2 Å². The topological polar surface area (TPSA) is 75.8 Å². The Morgan fingerprint density at radius 2 is 2.10 bits per heavy atom. The number of nitrogens with zero attached hydrogens (tertiary/aromatic N) is 1. The monoisotopic (exact) mass is 278 g/mol. The Balaban J connectivity index is 2.19. The van der Waals surface area contributed by atoms with Crippen molar-refractivity contribution in [2.75, 3.05) is 20.2 Å². The lowest BCUT2D eigenvalue weighted by Crippen LogP contribution is -2.29. The van der Waals surface area contributed by atoms with Crippen LogP contribution >= 0.6 is 0 Å². The van der Waals surface area contributed by atoms with E-state index in [9.17, 15) is 4.79 Å². The SMILES string of the molecule is COc1ccc(C(N)C(=O)O)cc1CN1CCCCC1. The summed E-state index contributed by atoms with van der Waals surface area (Å²) in [5.41, 5.74) is 7.30. The maximum absolute atomic E-state index is 11.0. The van der Waals surface area contributed by atoms with E-state index in [1.165, 1.54) is 19.3 Å². The molecular weight excluding hydrogens is 256 g/mol. The molecule has 0 bridgehead atoms. The van der Waals surface area contributed by atoms with Gasteiger partial charge in [-0.05, 0) is 43.6 Å². The van der Waals surface area contributed by atoms with Crippen LogP contribution in [0, 0.1) is 0 Å². The fourth-order valence-corrected chi connectivity index (χ4v) is 2.62. The number of likely N-dealkylation sites (tertiary alicyclic amines) is 1. The highest BCUT2D eigenvalue weighted by molar-refractivity contribution is 5.75. The largest absolute Gasteiger partial charge is 0.496 e. The second-order valence-corrected chi connectivity index (χ2v) is 5.22. The third kappa shape index (κ3) is 3.49. The molecule has 1 aromatic carbocycles. The summed E-state index contributed by atoms with van der Waals surface area (Å²) in [6.45, 7) is 2.94. The Bertz CT molecular complexity index is 470. The number of carboxylic acids is 1. The molecule has 5 heteroatoms. The van der Waals surface area contributed by atoms with Crippen molar-refractivity contribution in [2.24, 2.45) is 5.73 Å². The van der Waals surface area contributed by atoms with Gasteiger partial charge in [-0.2, -0.15) is 0 Å². The van der Waals surface area contributed by atoms with Gasteiger partial charge in [-0.25, -0.2) is 0 Å². The predicted octanol–water partition coefficient (Wildman–Crippen LogP) is 1.77. The average Bonchev–Trinajstić information content (AvgIpc) is 2.47. The summed E-state index contributed by atoms with van der Waals surface area (Å²) in [4.78, 5) is 13.4. The Hall–Kier alpha value is -1.59. The third-order valence-electron chi connectivity index (χ3n) is 3.77. The molecular formula is C15H22N2O3. The molecule has 0 spiro atoms. The smallest absolute Gasteiger partial charge is 0.325 e. The highest BCUT2D eigenvalue weighted by Gasteiger charge is 2.18. The van der Waals surface area contributed by atoms with Crippen LogP contribution < -0.4 is 10.5 Å². The molecule has 1 aromatic rings. The minimum Gasteiger partial charge on any atom is -0.496 e. The van der Waals surface area contributed by atoms with Gasteiger partial charge in [0.15, 0.2) is 0 Å². The average molecular weight is 278 g/mol. The number of benzene rings is 1. The fourth-order valence-electron chi connectivity index (χ4n) is 2.62. The number of carboxylic acid groups (broad SMARTS) is 1. The van der Waals surface area contributed by atoms with E-state index >= 15 is 0 Å². The predicted molar refractivity (Wildman–Crippen MR) is 76.7 cm³/mol. The number of rotatable bonds is 5. The van der Waals surface area contributed by atoms with Crippen LogP contribution in [0.1, 0.15) is 36.4 Å². The first-order valence-electron chi connectivity index (χ1n) is 6.99. The molecule has 1 saturated heterocycles. The number of methoxy groups -OCH3 is 1. The summed E-state index contributed by atoms with van der Waals surface area (Å²) in [5, 5.41) is 9.01. The van der Waals surface area contributed by atoms with Gasteiger partial charge in [-0.1, -0.05) is 12.5 Å². The summed E-state index contributed by atoms with van der Waals surface area (Å²) in [5.74, 6) is -0.226. The number of piperidine rings is 1. The molecule has 1 unspecified atom stereocenters. The van der Waals surface area contributed by atoms with Crippen LogP contribution in [0.5, 0.6) is 5.75 Å². The van der Waals surface area contributed by atoms with Gasteiger partial charge in [0.1, 0.15) is 11.8 Å². The lowest BCUT2D eigenvalue weighted by atomic mass is 10.0. The van der Waals surface area contributed by atoms with Crippen LogP contribution in [0.25, 0.3) is 0 Å². The second kappa shape index (κ2) is 6.72. The molecule has 110 valence electrons. The van der Waals surface area contributed by atoms with Crippen LogP contribution in [0.15, 0.2) is 18.2 Å². The van der Waals surface area contributed by atoms with E-state index in [4.69, 9.17) is 15.6 Å². The molecule has 0 saturated carbocycles. The van der Waals surface area contributed by atoms with Crippen LogP contribution in [0.2, 0.25) is 0 Å². The van der Waals surface area contributed by atoms with Crippen molar-refractivity contribution in [1.82, 2.24) is 4.90 Å². The van der Waals surface area contributed by atoms with Gasteiger partial charge in [-0.15, -0.1) is 0 Å². The number of nitrogens with two attached hydrogens (primary N) is 1. The van der Waals surface area contributed by atoms with Gasteiger partial charge in [0, 0.05) is 12.1 Å². The first-order chi connectivity index (χ1) is 9.61. The lowest BCUT2D eigenvalue weighted by molar-refractivity contribution is -0.138. The van der Waals surface area contributed by atoms with E-state index in [2.05, 4.69) is 4.90 Å². The summed E-state index contributed by atoms with van der Waals surface area (Å²) >= 11 is 0. The molecule has 0 radical (unpaired) electrons. The first-order valence-corrected chi connectivity index (χ1v) is 6.99. The zero-order valence-electron chi connectivity index (χ0n) is 11.8. The van der Waals surface area contributed by atoms with Crippen molar-refractivity contribution in [3.05, 3.63) is 29.3 Å². The van der Waals surface area contributed by atoms with Crippen molar-refractivity contribution in [3.63, 3.8) is 0 Å². The first kappa shape index (κ1) is 14.8. The third-order valence-corrected chi connectivity index (χ3v) is 3.77. The summed E-state index contributed by atoms with van der Waals surface area (Å²) in [6, 6.07) is 4.39. The van der Waals surface area contributed by atoms with Gasteiger partial charge in [-0.3, -0.25) is 9.69 Å². The van der Waals surface area contributed by atoms with Gasteiger partial charge in [0.05, 0.1) is 7.11 Å². The molecule has 0 aromatic heterocycles. The van der Waals surface area contributed by atoms with E-state index in [0.29, 0.717) is 5.56 Å². The zero-order valence-corrected chi connectivity index (χ0v) is 11.8. The fraction of sp³-hybridized carbons (Fsp3) is 0.533. The number of ether oxygens (including phenoxy) is 1. The van der Waals surface area contributed by atoms with Crippen molar-refractivity contribution < 1.29 is 14.6 Å². The normalized spacial score (nSPS) is 17.7. The number of aliphatic carboxylic acids is 1. The molecule has 0 amide bonds. The van der Waals surface area contributed by atoms with E-state index in [-0.39, 0.29) is 0 Å². The van der Waals surface area contributed by atoms with Crippen molar-refractivity contribution in [1.29, 1.82) is 0 Å². The Morgan fingerprint density at radius 1 is 1.40 bits per heavy atom. The summed E-state index contributed by atoms with van der Waals surface area (Å²) in [7, 11) is 1.63. The van der Waals surface area contributed by atoms with Crippen molar-refractivity contribution >= 4 is 5.97 Å². The van der Waals surface area contributed by atoms with Crippen molar-refractivity contribution in [3.8, 4) is 5.75 Å². The maximum atomic E-state index is 11.0. The number of carbonyl (C=O) groups is 1. The van der Waals surface area contributed by atoms with E-state index in [1.807, 2.05) is 6.07 Å². The number of hydrogen-bond acceptors (Lipinski definition) is 4. The van der Waals surface area contributed by atoms with Crippen LogP contribution in [0.4, 0.5) is 0 Å². The second-order valence-electron chi connectivity index (χ2n) is 5.22. The molecule has 1 aliphatic heterocycles. The van der Waals surface area contributed by atoms with Crippen LogP contribution in [0.3, 0.4) is 0 Å². The number of hydrogen-bond donors (Lipinski definition) is 2. The Labute approximate surface area is 119 Å². The van der Waals surface area contributed by atoms with Gasteiger partial charge in [0.25, 0.3) is 0 Å².